The molecular weight excluding hydrogens is 333 g/mol. The van der Waals surface area contributed by atoms with Gasteiger partial charge in [-0.25, -0.2) is 0 Å². The van der Waals surface area contributed by atoms with E-state index >= 15 is 0 Å². The van der Waals surface area contributed by atoms with Gasteiger partial charge in [0.1, 0.15) is 0 Å². The van der Waals surface area contributed by atoms with Crippen molar-refractivity contribution in [1.82, 2.24) is 0 Å². The summed E-state index contributed by atoms with van der Waals surface area (Å²) in [6.45, 7) is 2.49. The van der Waals surface area contributed by atoms with Gasteiger partial charge in [-0.1, -0.05) is 47.5 Å². The number of anilines is 1. The molecule has 1 N–H and O–H groups in total. The summed E-state index contributed by atoms with van der Waals surface area (Å²) in [6.07, 6.45) is 2.95. The topological polar surface area (TPSA) is 46.2 Å². The largest absolute Gasteiger partial charge is 0.382 e. The van der Waals surface area contributed by atoms with Crippen molar-refractivity contribution in [2.24, 2.45) is 0 Å². The third-order valence-corrected chi connectivity index (χ3v) is 3.87. The van der Waals surface area contributed by atoms with Crippen LogP contribution in [0.25, 0.3) is 6.08 Å². The molecule has 0 atom stereocenters. The molecule has 3 nitrogen and oxygen atoms in total. The number of rotatable bonds is 5. The van der Waals surface area contributed by atoms with Gasteiger partial charge < -0.3 is 5.32 Å². The van der Waals surface area contributed by atoms with E-state index in [1.54, 1.807) is 42.5 Å². The predicted molar refractivity (Wildman–Crippen MR) is 96.7 cm³/mol. The Labute approximate surface area is 144 Å². The number of halogens is 2. The summed E-state index contributed by atoms with van der Waals surface area (Å²) in [5.74, 6) is -0.364. The zero-order valence-electron chi connectivity index (χ0n) is 12.5. The van der Waals surface area contributed by atoms with Gasteiger partial charge in [-0.2, -0.15) is 0 Å². The van der Waals surface area contributed by atoms with Crippen molar-refractivity contribution < 1.29 is 4.79 Å². The molecule has 0 heterocycles. The van der Waals surface area contributed by atoms with Crippen molar-refractivity contribution in [3.63, 3.8) is 0 Å². The highest BCUT2D eigenvalue weighted by atomic mass is 35.5. The molecule has 5 heteroatoms. The lowest BCUT2D eigenvalue weighted by Crippen LogP contribution is -2.15. The monoisotopic (exact) mass is 347 g/mol. The van der Waals surface area contributed by atoms with E-state index in [0.29, 0.717) is 22.3 Å². The summed E-state index contributed by atoms with van der Waals surface area (Å²) in [4.78, 5) is 24.7. The smallest absolute Gasteiger partial charge is 0.212 e. The van der Waals surface area contributed by atoms with Gasteiger partial charge in [0.25, 0.3) is 0 Å². The Kier molecular flexibility index (Phi) is 5.97. The van der Waals surface area contributed by atoms with Crippen LogP contribution in [0.4, 0.5) is 5.69 Å². The quantitative estimate of drug-likeness (QED) is 0.630. The first-order chi connectivity index (χ1) is 11.0. The third-order valence-electron chi connectivity index (χ3n) is 3.13. The lowest BCUT2D eigenvalue weighted by atomic mass is 10.1. The summed E-state index contributed by atoms with van der Waals surface area (Å²) in [5.41, 5.74) is 0.930. The Balaban J connectivity index is 2.32. The number of nitrogens with one attached hydrogen (secondary N) is 1. The number of ketones is 1. The average molecular weight is 348 g/mol. The molecule has 0 fully saturated rings. The van der Waals surface area contributed by atoms with Crippen LogP contribution in [-0.4, -0.2) is 12.3 Å². The van der Waals surface area contributed by atoms with E-state index in [1.807, 2.05) is 6.92 Å². The molecule has 0 aliphatic heterocycles. The van der Waals surface area contributed by atoms with E-state index in [0.717, 1.165) is 5.56 Å². The molecule has 0 amide bonds. The molecule has 2 rings (SSSR count). The minimum absolute atomic E-state index is 0.113. The summed E-state index contributed by atoms with van der Waals surface area (Å²) >= 11 is 11.8. The molecule has 2 aromatic carbocycles. The van der Waals surface area contributed by atoms with Crippen molar-refractivity contribution in [1.29, 1.82) is 0 Å². The highest BCUT2D eigenvalue weighted by molar-refractivity contribution is 6.42. The number of allylic oxidation sites excluding steroid dienone is 1. The van der Waals surface area contributed by atoms with E-state index in [-0.39, 0.29) is 16.8 Å². The van der Waals surface area contributed by atoms with Gasteiger partial charge in [0.05, 0.1) is 21.3 Å². The predicted octanol–water partition coefficient (Wildman–Crippen LogP) is 4.68. The van der Waals surface area contributed by atoms with E-state index in [1.165, 1.54) is 12.1 Å². The van der Waals surface area contributed by atoms with Gasteiger partial charge in [0.2, 0.25) is 5.43 Å². The van der Waals surface area contributed by atoms with Crippen molar-refractivity contribution in [3.05, 3.63) is 79.9 Å². The normalized spacial score (nSPS) is 10.7. The molecule has 0 aliphatic rings. The molecule has 0 spiro atoms. The highest BCUT2D eigenvalue weighted by Gasteiger charge is 2.09. The highest BCUT2D eigenvalue weighted by Crippen LogP contribution is 2.23. The van der Waals surface area contributed by atoms with Crippen LogP contribution in [0.2, 0.25) is 10.0 Å². The summed E-state index contributed by atoms with van der Waals surface area (Å²) in [5, 5.41) is 3.81. The Morgan fingerprint density at radius 2 is 1.87 bits per heavy atom. The Bertz CT molecular complexity index is 816. The Morgan fingerprint density at radius 3 is 2.57 bits per heavy atom. The van der Waals surface area contributed by atoms with E-state index in [2.05, 4.69) is 5.32 Å². The second-order valence-electron chi connectivity index (χ2n) is 4.78. The van der Waals surface area contributed by atoms with Crippen LogP contribution in [0.15, 0.2) is 53.3 Å². The number of hydrogen-bond acceptors (Lipinski definition) is 3. The van der Waals surface area contributed by atoms with Crippen molar-refractivity contribution >= 4 is 40.7 Å². The molecule has 0 radical (unpaired) electrons. The molecule has 0 aromatic heterocycles. The van der Waals surface area contributed by atoms with Crippen LogP contribution in [0.3, 0.4) is 0 Å². The minimum Gasteiger partial charge on any atom is -0.382 e. The molecule has 0 unspecified atom stereocenters. The molecule has 0 bridgehead atoms. The van der Waals surface area contributed by atoms with E-state index < -0.39 is 0 Å². The standard InChI is InChI=1S/C18H15Cl2NO2/c1-2-21-16-6-4-3-5-13(18(16)23)17(22)10-8-12-7-9-14(19)15(20)11-12/h3-11H,2H2,1H3,(H,21,23)/b10-8-. The molecule has 118 valence electrons. The minimum atomic E-state index is -0.364. The summed E-state index contributed by atoms with van der Waals surface area (Å²) in [6, 6.07) is 11.6. The number of carbonyl (C=O) groups is 1. The molecular formula is C18H15Cl2NO2. The maximum absolute atomic E-state index is 12.4. The average Bonchev–Trinajstić information content (AvgIpc) is 2.71. The third kappa shape index (κ3) is 4.44. The van der Waals surface area contributed by atoms with Gasteiger partial charge in [-0.05, 0) is 42.8 Å². The maximum Gasteiger partial charge on any atom is 0.212 e. The van der Waals surface area contributed by atoms with Crippen molar-refractivity contribution in [3.8, 4) is 0 Å². The van der Waals surface area contributed by atoms with Gasteiger partial charge in [-0.3, -0.25) is 9.59 Å². The van der Waals surface area contributed by atoms with Gasteiger partial charge >= 0.3 is 0 Å². The van der Waals surface area contributed by atoms with Crippen LogP contribution in [0.1, 0.15) is 22.8 Å². The summed E-state index contributed by atoms with van der Waals surface area (Å²) < 4.78 is 0. The van der Waals surface area contributed by atoms with E-state index in [9.17, 15) is 9.59 Å². The lowest BCUT2D eigenvalue weighted by Gasteiger charge is -1.99. The number of benzene rings is 1. The number of carbonyl (C=O) groups excluding carboxylic acids is 1. The number of hydrogen-bond donors (Lipinski definition) is 1. The Hall–Kier alpha value is -2.10. The fourth-order valence-corrected chi connectivity index (χ4v) is 2.31. The zero-order valence-corrected chi connectivity index (χ0v) is 14.0. The second kappa shape index (κ2) is 7.95. The van der Waals surface area contributed by atoms with Crippen LogP contribution >= 0.6 is 23.2 Å². The van der Waals surface area contributed by atoms with Crippen LogP contribution in [0, 0.1) is 0 Å². The molecule has 0 saturated carbocycles. The van der Waals surface area contributed by atoms with E-state index in [4.69, 9.17) is 23.2 Å². The van der Waals surface area contributed by atoms with Gasteiger partial charge in [-0.15, -0.1) is 0 Å². The van der Waals surface area contributed by atoms with Gasteiger partial charge in [0, 0.05) is 6.54 Å². The van der Waals surface area contributed by atoms with Gasteiger partial charge in [0.15, 0.2) is 5.78 Å². The summed E-state index contributed by atoms with van der Waals surface area (Å²) in [7, 11) is 0. The first-order valence-corrected chi connectivity index (χ1v) is 7.83. The fraction of sp³-hybridized carbons (Fsp3) is 0.111. The Morgan fingerprint density at radius 1 is 1.13 bits per heavy atom. The van der Waals surface area contributed by atoms with Crippen molar-refractivity contribution in [2.45, 2.75) is 6.92 Å². The second-order valence-corrected chi connectivity index (χ2v) is 5.59. The van der Waals surface area contributed by atoms with Crippen molar-refractivity contribution in [2.75, 3.05) is 11.9 Å². The SMILES string of the molecule is CCNc1ccccc(C(=O)/C=C\c2ccc(Cl)c(Cl)c2)c1=O. The lowest BCUT2D eigenvalue weighted by molar-refractivity contribution is 0.104. The van der Waals surface area contributed by atoms with Crippen LogP contribution in [-0.2, 0) is 0 Å². The first-order valence-electron chi connectivity index (χ1n) is 7.07. The molecule has 0 aliphatic carbocycles. The molecule has 23 heavy (non-hydrogen) atoms. The van der Waals surface area contributed by atoms with Crippen LogP contribution < -0.4 is 10.7 Å². The molecule has 2 aromatic rings. The fourth-order valence-electron chi connectivity index (χ4n) is 2.00. The maximum atomic E-state index is 12.4. The zero-order chi connectivity index (χ0) is 16.8. The first kappa shape index (κ1) is 17.3. The molecule has 0 saturated heterocycles. The van der Waals surface area contributed by atoms with Crippen LogP contribution in [0.5, 0.6) is 0 Å².